The molecule has 1 amide bonds. The second-order valence-electron chi connectivity index (χ2n) is 14.6. The van der Waals surface area contributed by atoms with Gasteiger partial charge in [0.15, 0.2) is 0 Å². The molecular formula is C40H77N2O6P. The summed E-state index contributed by atoms with van der Waals surface area (Å²) in [5.74, 6) is -0.210. The molecule has 288 valence electrons. The van der Waals surface area contributed by atoms with Crippen molar-refractivity contribution in [2.75, 3.05) is 40.9 Å². The molecule has 0 spiro atoms. The van der Waals surface area contributed by atoms with Crippen molar-refractivity contribution in [1.29, 1.82) is 0 Å². The molecule has 0 aliphatic heterocycles. The number of phosphoric ester groups is 1. The Morgan fingerprint density at radius 3 is 1.71 bits per heavy atom. The van der Waals surface area contributed by atoms with Crippen LogP contribution in [0.1, 0.15) is 162 Å². The van der Waals surface area contributed by atoms with Crippen molar-refractivity contribution in [3.05, 3.63) is 36.5 Å². The van der Waals surface area contributed by atoms with Crippen LogP contribution >= 0.6 is 7.82 Å². The minimum Gasteiger partial charge on any atom is -0.756 e. The summed E-state index contributed by atoms with van der Waals surface area (Å²) in [4.78, 5) is 25.1. The number of hydrogen-bond acceptors (Lipinski definition) is 6. The molecule has 49 heavy (non-hydrogen) atoms. The van der Waals surface area contributed by atoms with Crippen LogP contribution in [0.2, 0.25) is 0 Å². The molecule has 0 aliphatic carbocycles. The SMILES string of the molecule is CCCCCC/C=C\C/C=C\CCCCCCCCCC(=O)NC(COP(=O)([O-])OCC[N+](C)(C)C)C(O)/C=C/CCCCCCCCC. The van der Waals surface area contributed by atoms with Gasteiger partial charge in [0.05, 0.1) is 39.9 Å². The molecule has 2 N–H and O–H groups in total. The number of rotatable bonds is 35. The van der Waals surface area contributed by atoms with Gasteiger partial charge in [0.25, 0.3) is 7.82 Å². The zero-order valence-corrected chi connectivity index (χ0v) is 33.3. The molecule has 3 unspecified atom stereocenters. The fourth-order valence-electron chi connectivity index (χ4n) is 5.36. The molecule has 0 saturated carbocycles. The highest BCUT2D eigenvalue weighted by atomic mass is 31.2. The zero-order chi connectivity index (χ0) is 36.5. The highest BCUT2D eigenvalue weighted by Crippen LogP contribution is 2.38. The molecule has 0 aromatic carbocycles. The molecule has 0 aliphatic rings. The van der Waals surface area contributed by atoms with Crippen LogP contribution in [0.15, 0.2) is 36.5 Å². The standard InChI is InChI=1S/C40H77N2O6P/c1-6-8-10-12-14-16-17-18-19-20-21-22-23-24-26-28-30-32-34-40(44)41-38(37-48-49(45,46)47-36-35-42(3,4)5)39(43)33-31-29-27-25-15-13-11-9-7-2/h16-17,19-20,31,33,38-39,43H,6-15,18,21-30,32,34-37H2,1-5H3,(H-,41,44,45,46)/b17-16-,20-19-,33-31+. The lowest BCUT2D eigenvalue weighted by Crippen LogP contribution is -2.45. The molecule has 0 saturated heterocycles. The minimum absolute atomic E-state index is 0.00355. The van der Waals surface area contributed by atoms with Crippen LogP contribution in [0, 0.1) is 0 Å². The number of hydrogen-bond donors (Lipinski definition) is 2. The summed E-state index contributed by atoms with van der Waals surface area (Å²) >= 11 is 0. The number of amides is 1. The van der Waals surface area contributed by atoms with E-state index in [2.05, 4.69) is 43.5 Å². The van der Waals surface area contributed by atoms with E-state index in [0.29, 0.717) is 17.4 Å². The van der Waals surface area contributed by atoms with Crippen LogP contribution in [0.25, 0.3) is 0 Å². The Morgan fingerprint density at radius 2 is 1.18 bits per heavy atom. The summed E-state index contributed by atoms with van der Waals surface area (Å²) in [5, 5.41) is 13.7. The molecule has 0 radical (unpaired) electrons. The topological polar surface area (TPSA) is 108 Å². The highest BCUT2D eigenvalue weighted by Gasteiger charge is 2.23. The maximum Gasteiger partial charge on any atom is 0.268 e. The second kappa shape index (κ2) is 32.6. The summed E-state index contributed by atoms with van der Waals surface area (Å²) in [7, 11) is 1.25. The largest absolute Gasteiger partial charge is 0.756 e. The van der Waals surface area contributed by atoms with E-state index in [1.165, 1.54) is 83.5 Å². The number of unbranched alkanes of at least 4 members (excludes halogenated alkanes) is 18. The van der Waals surface area contributed by atoms with Crippen molar-refractivity contribution < 1.29 is 32.9 Å². The smallest absolute Gasteiger partial charge is 0.268 e. The van der Waals surface area contributed by atoms with E-state index >= 15 is 0 Å². The Labute approximate surface area is 302 Å². The van der Waals surface area contributed by atoms with Gasteiger partial charge in [-0.25, -0.2) is 0 Å². The molecule has 0 aromatic heterocycles. The van der Waals surface area contributed by atoms with Crippen molar-refractivity contribution in [3.63, 3.8) is 0 Å². The van der Waals surface area contributed by atoms with Gasteiger partial charge < -0.3 is 28.8 Å². The predicted octanol–water partition coefficient (Wildman–Crippen LogP) is 9.72. The van der Waals surface area contributed by atoms with Gasteiger partial charge >= 0.3 is 0 Å². The average Bonchev–Trinajstić information content (AvgIpc) is 3.04. The summed E-state index contributed by atoms with van der Waals surface area (Å²) in [6, 6.07) is -0.886. The van der Waals surface area contributed by atoms with Gasteiger partial charge in [0.1, 0.15) is 13.2 Å². The number of phosphoric acid groups is 1. The maximum absolute atomic E-state index is 12.8. The first-order chi connectivity index (χ1) is 23.5. The fraction of sp³-hybridized carbons (Fsp3) is 0.825. The number of allylic oxidation sites excluding steroid dienone is 5. The lowest BCUT2D eigenvalue weighted by molar-refractivity contribution is -0.870. The van der Waals surface area contributed by atoms with Crippen LogP contribution in [-0.4, -0.2) is 68.5 Å². The summed E-state index contributed by atoms with van der Waals surface area (Å²) < 4.78 is 23.1. The van der Waals surface area contributed by atoms with Crippen molar-refractivity contribution in [2.24, 2.45) is 0 Å². The lowest BCUT2D eigenvalue weighted by Gasteiger charge is -2.29. The maximum atomic E-state index is 12.8. The number of nitrogens with one attached hydrogen (secondary N) is 1. The molecule has 8 nitrogen and oxygen atoms in total. The molecule has 0 fully saturated rings. The monoisotopic (exact) mass is 713 g/mol. The van der Waals surface area contributed by atoms with Gasteiger partial charge in [-0.2, -0.15) is 0 Å². The van der Waals surface area contributed by atoms with Gasteiger partial charge in [0, 0.05) is 6.42 Å². The third-order valence-corrected chi connectivity index (χ3v) is 9.56. The van der Waals surface area contributed by atoms with Gasteiger partial charge in [-0.15, -0.1) is 0 Å². The first-order valence-corrected chi connectivity index (χ1v) is 21.3. The minimum atomic E-state index is -4.58. The first kappa shape index (κ1) is 47.7. The second-order valence-corrected chi connectivity index (χ2v) is 16.0. The Balaban J connectivity index is 4.42. The molecule has 3 atom stereocenters. The quantitative estimate of drug-likeness (QED) is 0.0293. The molecule has 0 bridgehead atoms. The third-order valence-electron chi connectivity index (χ3n) is 8.59. The number of quaternary nitrogens is 1. The summed E-state index contributed by atoms with van der Waals surface area (Å²) in [6.45, 7) is 4.57. The Hall–Kier alpha value is -1.28. The average molecular weight is 713 g/mol. The van der Waals surface area contributed by atoms with E-state index in [1.54, 1.807) is 6.08 Å². The van der Waals surface area contributed by atoms with E-state index in [1.807, 2.05) is 27.2 Å². The van der Waals surface area contributed by atoms with Crippen molar-refractivity contribution >= 4 is 13.7 Å². The van der Waals surface area contributed by atoms with Crippen molar-refractivity contribution in [1.82, 2.24) is 5.32 Å². The lowest BCUT2D eigenvalue weighted by atomic mass is 10.1. The Kier molecular flexibility index (Phi) is 31.8. The van der Waals surface area contributed by atoms with Crippen LogP contribution in [0.3, 0.4) is 0 Å². The number of likely N-dealkylation sites (N-methyl/N-ethyl adjacent to an activating group) is 1. The molecule has 0 heterocycles. The van der Waals surface area contributed by atoms with Crippen molar-refractivity contribution in [3.8, 4) is 0 Å². The van der Waals surface area contributed by atoms with Gasteiger partial charge in [-0.1, -0.05) is 140 Å². The van der Waals surface area contributed by atoms with E-state index in [-0.39, 0.29) is 19.1 Å². The van der Waals surface area contributed by atoms with Crippen LogP contribution < -0.4 is 10.2 Å². The summed E-state index contributed by atoms with van der Waals surface area (Å²) in [5.41, 5.74) is 0. The molecular weight excluding hydrogens is 635 g/mol. The zero-order valence-electron chi connectivity index (χ0n) is 32.4. The van der Waals surface area contributed by atoms with Crippen LogP contribution in [0.4, 0.5) is 0 Å². The molecule has 0 rings (SSSR count). The fourth-order valence-corrected chi connectivity index (χ4v) is 6.08. The normalized spacial score (nSPS) is 15.0. The number of nitrogens with zero attached hydrogens (tertiary/aromatic N) is 1. The van der Waals surface area contributed by atoms with E-state index in [0.717, 1.165) is 57.8 Å². The third kappa shape index (κ3) is 34.9. The number of carbonyl (C=O) groups excluding carboxylic acids is 1. The predicted molar refractivity (Wildman–Crippen MR) is 205 cm³/mol. The van der Waals surface area contributed by atoms with E-state index in [9.17, 15) is 19.4 Å². The highest BCUT2D eigenvalue weighted by molar-refractivity contribution is 7.45. The van der Waals surface area contributed by atoms with Gasteiger partial charge in [-0.05, 0) is 51.4 Å². The number of aliphatic hydroxyl groups excluding tert-OH is 1. The van der Waals surface area contributed by atoms with Gasteiger partial charge in [0.2, 0.25) is 5.91 Å². The Bertz CT molecular complexity index is 902. The van der Waals surface area contributed by atoms with E-state index < -0.39 is 20.0 Å². The first-order valence-electron chi connectivity index (χ1n) is 19.9. The summed E-state index contributed by atoms with van der Waals surface area (Å²) in [6.07, 6.45) is 37.6. The molecule has 0 aromatic rings. The van der Waals surface area contributed by atoms with Gasteiger partial charge in [-0.3, -0.25) is 9.36 Å². The number of aliphatic hydroxyl groups is 1. The van der Waals surface area contributed by atoms with E-state index in [4.69, 9.17) is 9.05 Å². The van der Waals surface area contributed by atoms with Crippen LogP contribution in [-0.2, 0) is 18.4 Å². The van der Waals surface area contributed by atoms with Crippen LogP contribution in [0.5, 0.6) is 0 Å². The van der Waals surface area contributed by atoms with Crippen molar-refractivity contribution in [2.45, 2.75) is 174 Å². The Morgan fingerprint density at radius 1 is 0.714 bits per heavy atom. The number of carbonyl (C=O) groups is 1. The molecule has 9 heteroatoms.